The van der Waals surface area contributed by atoms with Crippen LogP contribution in [0.25, 0.3) is 22.9 Å². The van der Waals surface area contributed by atoms with Crippen molar-refractivity contribution >= 4 is 23.6 Å². The van der Waals surface area contributed by atoms with Crippen LogP contribution in [0.1, 0.15) is 53.4 Å². The first-order chi connectivity index (χ1) is 9.08. The van der Waals surface area contributed by atoms with E-state index < -0.39 is 23.6 Å². The van der Waals surface area contributed by atoms with E-state index in [2.05, 4.69) is 0 Å². The van der Waals surface area contributed by atoms with Gasteiger partial charge in [-0.3, -0.25) is 0 Å². The van der Waals surface area contributed by atoms with Gasteiger partial charge in [-0.15, -0.1) is 0 Å². The van der Waals surface area contributed by atoms with E-state index in [1.54, 1.807) is 27.7 Å². The number of rotatable bonds is 4. The van der Waals surface area contributed by atoms with E-state index in [-0.39, 0.29) is 76.5 Å². The second-order valence-electron chi connectivity index (χ2n) is 3.11. The number of carbonyl (C=O) groups excluding carboxylic acids is 4. The Balaban J connectivity index is -0.0000000225. The summed E-state index contributed by atoms with van der Waals surface area (Å²) < 4.78 is 0. The number of hydrogen-bond donors (Lipinski definition) is 0. The van der Waals surface area contributed by atoms with E-state index in [0.29, 0.717) is 25.7 Å². The summed E-state index contributed by atoms with van der Waals surface area (Å²) in [4.78, 5) is 37.9. The summed E-state index contributed by atoms with van der Waals surface area (Å²) in [6.07, 6.45) is 1.33. The van der Waals surface area contributed by atoms with Gasteiger partial charge in [-0.1, -0.05) is 27.7 Å². The molecule has 0 aliphatic carbocycles. The fourth-order valence-corrected chi connectivity index (χ4v) is 0. The van der Waals surface area contributed by atoms with Gasteiger partial charge in [0.25, 0.3) is 0 Å². The standard InChI is InChI=1S/4C3H7NO.2ClH.2Hf/c4*1-2-3(4)5;;;;/h4*2H2,1H3,(H2,4,5);2*1H;;/p-6. The van der Waals surface area contributed by atoms with Crippen molar-refractivity contribution in [2.45, 2.75) is 53.4 Å². The Morgan fingerprint density at radius 3 is 0.542 bits per heavy atom. The van der Waals surface area contributed by atoms with Gasteiger partial charge in [-0.25, -0.2) is 0 Å². The molecule has 0 radical (unpaired) electrons. The van der Waals surface area contributed by atoms with Crippen molar-refractivity contribution in [3.05, 3.63) is 22.9 Å². The predicted molar refractivity (Wildman–Crippen MR) is 78.5 cm³/mol. The van der Waals surface area contributed by atoms with Gasteiger partial charge in [0.1, 0.15) is 0 Å². The number of halogens is 2. The zero-order valence-corrected chi connectivity index (χ0v) is 22.9. The normalized spacial score (nSPS) is 6.17. The summed E-state index contributed by atoms with van der Waals surface area (Å²) >= 11 is 0. The first kappa shape index (κ1) is 49.6. The van der Waals surface area contributed by atoms with Crippen LogP contribution in [0.4, 0.5) is 0 Å². The van der Waals surface area contributed by atoms with Crippen molar-refractivity contribution in [2.75, 3.05) is 0 Å². The van der Waals surface area contributed by atoms with Crippen LogP contribution in [0.3, 0.4) is 0 Å². The minimum atomic E-state index is -0.495. The molecule has 0 saturated carbocycles. The van der Waals surface area contributed by atoms with Crippen molar-refractivity contribution in [3.63, 3.8) is 0 Å². The number of hydrogen-bond acceptors (Lipinski definition) is 4. The first-order valence-electron chi connectivity index (χ1n) is 6.06. The Hall–Kier alpha value is 0.200. The van der Waals surface area contributed by atoms with Crippen LogP contribution in [0.15, 0.2) is 0 Å². The Labute approximate surface area is 194 Å². The van der Waals surface area contributed by atoms with Crippen molar-refractivity contribution < 1.29 is 95.7 Å². The van der Waals surface area contributed by atoms with Gasteiger partial charge in [-0.2, -0.15) is 0 Å². The molecule has 144 valence electrons. The Morgan fingerprint density at radius 1 is 0.500 bits per heavy atom. The Bertz CT molecular complexity index is 244. The van der Waals surface area contributed by atoms with Gasteiger partial charge in [0.05, 0.1) is 0 Å². The van der Waals surface area contributed by atoms with Gasteiger partial charge in [0.15, 0.2) is 0 Å². The molecule has 0 aliphatic heterocycles. The molecule has 0 bridgehead atoms. The topological polar surface area (TPSA) is 163 Å². The maximum atomic E-state index is 9.48. The van der Waals surface area contributed by atoms with Crippen molar-refractivity contribution in [3.8, 4) is 0 Å². The molecule has 0 aromatic carbocycles. The van der Waals surface area contributed by atoms with E-state index >= 15 is 0 Å². The first-order valence-corrected chi connectivity index (χ1v) is 6.06. The molecule has 0 atom stereocenters. The third-order valence-electron chi connectivity index (χ3n) is 1.28. The molecule has 4 amide bonds. The van der Waals surface area contributed by atoms with Crippen molar-refractivity contribution in [1.82, 2.24) is 0 Å². The van der Waals surface area contributed by atoms with Gasteiger partial charge in [0, 0.05) is 75.3 Å². The van der Waals surface area contributed by atoms with Crippen molar-refractivity contribution in [1.29, 1.82) is 0 Å². The molecular formula is C12H24Cl2Hf2N4O4-6. The average molecular weight is 716 g/mol. The minimum Gasteiger partial charge on any atom is -1.00 e. The monoisotopic (exact) mass is 718 g/mol. The summed E-state index contributed by atoms with van der Waals surface area (Å²) in [5.74, 6) is -1.98. The molecule has 24 heavy (non-hydrogen) atoms. The third kappa shape index (κ3) is 148. The SMILES string of the molecule is CCC([NH-])=O.CCC([NH-])=O.CCC([NH-])=O.CCC([NH-])=O.[Cl-].[Cl-].[Hf].[Hf]. The zero-order chi connectivity index (χ0) is 17.1. The van der Waals surface area contributed by atoms with E-state index in [1.165, 1.54) is 0 Å². The van der Waals surface area contributed by atoms with Gasteiger partial charge >= 0.3 is 0 Å². The van der Waals surface area contributed by atoms with Crippen LogP contribution in [-0.4, -0.2) is 23.6 Å². The molecule has 0 aromatic heterocycles. The molecule has 0 rings (SSSR count). The van der Waals surface area contributed by atoms with Crippen LogP contribution in [0, 0.1) is 0 Å². The molecule has 4 N–H and O–H groups in total. The maximum Gasteiger partial charge on any atom is 0.0484 e. The number of carbonyl (C=O) groups is 4. The zero-order valence-electron chi connectivity index (χ0n) is 14.2. The molecule has 0 heterocycles. The van der Waals surface area contributed by atoms with E-state index in [1.807, 2.05) is 0 Å². The fourth-order valence-electron chi connectivity index (χ4n) is 0. The smallest absolute Gasteiger partial charge is 0.0484 e. The van der Waals surface area contributed by atoms with Crippen LogP contribution < -0.4 is 24.8 Å². The average Bonchev–Trinajstić information content (AvgIpc) is 2.40. The fraction of sp³-hybridized carbons (Fsp3) is 0.667. The Kier molecular flexibility index (Phi) is 90.1. The summed E-state index contributed by atoms with van der Waals surface area (Å²) in [5, 5.41) is 0. The largest absolute Gasteiger partial charge is 1.00 e. The van der Waals surface area contributed by atoms with E-state index in [9.17, 15) is 19.2 Å². The summed E-state index contributed by atoms with van der Waals surface area (Å²) in [6, 6.07) is 0. The molecule has 0 unspecified atom stereocenters. The molecule has 8 nitrogen and oxygen atoms in total. The van der Waals surface area contributed by atoms with Gasteiger partial charge in [-0.05, 0) is 25.7 Å². The van der Waals surface area contributed by atoms with Crippen molar-refractivity contribution in [2.24, 2.45) is 0 Å². The molecule has 0 aromatic rings. The van der Waals surface area contributed by atoms with Crippen LogP contribution >= 0.6 is 0 Å². The molecule has 0 saturated heterocycles. The maximum absolute atomic E-state index is 9.48. The molecule has 0 spiro atoms. The molecule has 12 heteroatoms. The second-order valence-corrected chi connectivity index (χ2v) is 3.11. The second kappa shape index (κ2) is 43.6. The quantitative estimate of drug-likeness (QED) is 0.305. The molecule has 0 fully saturated rings. The van der Waals surface area contributed by atoms with Gasteiger partial charge in [0.2, 0.25) is 0 Å². The summed E-state index contributed by atoms with van der Waals surface area (Å²) in [5.41, 5.74) is 24.8. The van der Waals surface area contributed by atoms with E-state index in [4.69, 9.17) is 22.9 Å². The van der Waals surface area contributed by atoms with Crippen LogP contribution in [0.5, 0.6) is 0 Å². The number of nitrogens with one attached hydrogen (secondary N) is 4. The molecule has 0 aliphatic rings. The minimum absolute atomic E-state index is 0. The summed E-state index contributed by atoms with van der Waals surface area (Å²) in [7, 11) is 0. The van der Waals surface area contributed by atoms with Crippen LogP contribution in [0.2, 0.25) is 0 Å². The van der Waals surface area contributed by atoms with Crippen LogP contribution in [-0.2, 0) is 70.9 Å². The van der Waals surface area contributed by atoms with Gasteiger partial charge < -0.3 is 66.9 Å². The third-order valence-corrected chi connectivity index (χ3v) is 1.28. The molecular weight excluding hydrogens is 692 g/mol. The van der Waals surface area contributed by atoms with E-state index in [0.717, 1.165) is 0 Å². The number of amides is 4. The Morgan fingerprint density at radius 2 is 0.542 bits per heavy atom. The predicted octanol–water partition coefficient (Wildman–Crippen LogP) is -2.10. The summed E-state index contributed by atoms with van der Waals surface area (Å²) in [6.45, 7) is 6.65.